The highest BCUT2D eigenvalue weighted by molar-refractivity contribution is 6.04. The zero-order valence-electron chi connectivity index (χ0n) is 11.2. The Labute approximate surface area is 117 Å². The zero-order valence-corrected chi connectivity index (χ0v) is 11.2. The normalized spacial score (nSPS) is 20.9. The Hall–Kier alpha value is -2.42. The van der Waals surface area contributed by atoms with Crippen LogP contribution in [-0.4, -0.2) is 16.8 Å². The number of rotatable bonds is 2. The van der Waals surface area contributed by atoms with Crippen molar-refractivity contribution in [2.24, 2.45) is 10.9 Å². The number of hydrogen-bond donors (Lipinski definition) is 1. The SMILES string of the molecule is CC1=Nc2ccccc2C(c2ccccc2)C1C(=O)O. The molecule has 0 amide bonds. The first-order valence-electron chi connectivity index (χ1n) is 6.60. The van der Waals surface area contributed by atoms with Gasteiger partial charge in [-0.2, -0.15) is 0 Å². The molecule has 3 nitrogen and oxygen atoms in total. The third-order valence-electron chi connectivity index (χ3n) is 3.78. The van der Waals surface area contributed by atoms with Crippen molar-refractivity contribution >= 4 is 17.4 Å². The molecule has 3 rings (SSSR count). The Balaban J connectivity index is 2.22. The third-order valence-corrected chi connectivity index (χ3v) is 3.78. The first kappa shape index (κ1) is 12.6. The number of fused-ring (bicyclic) bond motifs is 1. The van der Waals surface area contributed by atoms with Gasteiger partial charge in [0.15, 0.2) is 0 Å². The lowest BCUT2D eigenvalue weighted by Gasteiger charge is -2.30. The molecule has 0 fully saturated rings. The van der Waals surface area contributed by atoms with Gasteiger partial charge in [-0.25, -0.2) is 0 Å². The van der Waals surface area contributed by atoms with Gasteiger partial charge in [0.1, 0.15) is 5.92 Å². The second-order valence-electron chi connectivity index (χ2n) is 5.02. The Bertz CT molecular complexity index is 676. The summed E-state index contributed by atoms with van der Waals surface area (Å²) in [5, 5.41) is 9.59. The number of benzene rings is 2. The minimum atomic E-state index is -0.824. The number of aliphatic imine (C=N–C) groups is 1. The maximum absolute atomic E-state index is 11.7. The fraction of sp³-hybridized carbons (Fsp3) is 0.176. The molecular formula is C17H15NO2. The first-order chi connectivity index (χ1) is 9.68. The van der Waals surface area contributed by atoms with Crippen LogP contribution in [0.25, 0.3) is 0 Å². The zero-order chi connectivity index (χ0) is 14.1. The van der Waals surface area contributed by atoms with Gasteiger partial charge in [0.05, 0.1) is 5.69 Å². The standard InChI is InChI=1S/C17H15NO2/c1-11-15(17(19)20)16(12-7-3-2-4-8-12)13-9-5-6-10-14(13)18-11/h2-10,15-16H,1H3,(H,19,20). The topological polar surface area (TPSA) is 49.7 Å². The number of aliphatic carboxylic acids is 1. The number of carboxylic acids is 1. The first-order valence-corrected chi connectivity index (χ1v) is 6.60. The summed E-state index contributed by atoms with van der Waals surface area (Å²) in [6, 6.07) is 17.6. The molecule has 1 heterocycles. The third kappa shape index (κ3) is 2.01. The number of nitrogens with zero attached hydrogens (tertiary/aromatic N) is 1. The highest BCUT2D eigenvalue weighted by Crippen LogP contribution is 2.42. The molecule has 0 saturated carbocycles. The molecule has 1 aliphatic rings. The molecule has 1 aliphatic heterocycles. The summed E-state index contributed by atoms with van der Waals surface area (Å²) in [5.41, 5.74) is 3.53. The summed E-state index contributed by atoms with van der Waals surface area (Å²) < 4.78 is 0. The maximum atomic E-state index is 11.7. The minimum absolute atomic E-state index is 0.178. The van der Waals surface area contributed by atoms with Gasteiger partial charge in [0.2, 0.25) is 0 Å². The number of carboxylic acid groups (broad SMARTS) is 1. The van der Waals surface area contributed by atoms with Gasteiger partial charge in [-0.05, 0) is 24.1 Å². The molecule has 0 aliphatic carbocycles. The van der Waals surface area contributed by atoms with E-state index in [2.05, 4.69) is 4.99 Å². The average molecular weight is 265 g/mol. The second kappa shape index (κ2) is 4.93. The second-order valence-corrected chi connectivity index (χ2v) is 5.02. The van der Waals surface area contributed by atoms with Crippen molar-refractivity contribution in [2.75, 3.05) is 0 Å². The van der Waals surface area contributed by atoms with E-state index < -0.39 is 11.9 Å². The van der Waals surface area contributed by atoms with Crippen LogP contribution in [0.2, 0.25) is 0 Å². The van der Waals surface area contributed by atoms with E-state index in [-0.39, 0.29) is 5.92 Å². The minimum Gasteiger partial charge on any atom is -0.481 e. The largest absolute Gasteiger partial charge is 0.481 e. The Morgan fingerprint density at radius 2 is 1.70 bits per heavy atom. The van der Waals surface area contributed by atoms with Gasteiger partial charge >= 0.3 is 5.97 Å². The van der Waals surface area contributed by atoms with E-state index in [4.69, 9.17) is 0 Å². The predicted molar refractivity (Wildman–Crippen MR) is 78.6 cm³/mol. The lowest BCUT2D eigenvalue weighted by atomic mass is 9.76. The fourth-order valence-corrected chi connectivity index (χ4v) is 2.89. The summed E-state index contributed by atoms with van der Waals surface area (Å²) in [5.74, 6) is -1.61. The van der Waals surface area contributed by atoms with Gasteiger partial charge in [0.25, 0.3) is 0 Å². The highest BCUT2D eigenvalue weighted by atomic mass is 16.4. The van der Waals surface area contributed by atoms with Crippen molar-refractivity contribution < 1.29 is 9.90 Å². The highest BCUT2D eigenvalue weighted by Gasteiger charge is 2.37. The Kier molecular flexibility index (Phi) is 3.11. The van der Waals surface area contributed by atoms with Crippen LogP contribution >= 0.6 is 0 Å². The van der Waals surface area contributed by atoms with E-state index >= 15 is 0 Å². The van der Waals surface area contributed by atoms with Gasteiger partial charge in [0, 0.05) is 11.6 Å². The van der Waals surface area contributed by atoms with Crippen LogP contribution in [0.5, 0.6) is 0 Å². The summed E-state index contributed by atoms with van der Waals surface area (Å²) >= 11 is 0. The fourth-order valence-electron chi connectivity index (χ4n) is 2.89. The van der Waals surface area contributed by atoms with Gasteiger partial charge in [-0.3, -0.25) is 9.79 Å². The van der Waals surface area contributed by atoms with E-state index in [9.17, 15) is 9.90 Å². The Morgan fingerprint density at radius 1 is 1.05 bits per heavy atom. The molecule has 1 N–H and O–H groups in total. The number of carbonyl (C=O) groups is 1. The molecule has 0 bridgehead atoms. The molecule has 0 saturated heterocycles. The molecular weight excluding hydrogens is 250 g/mol. The monoisotopic (exact) mass is 265 g/mol. The van der Waals surface area contributed by atoms with Crippen LogP contribution in [0.4, 0.5) is 5.69 Å². The van der Waals surface area contributed by atoms with Crippen LogP contribution in [0.15, 0.2) is 59.6 Å². The van der Waals surface area contributed by atoms with E-state index in [0.29, 0.717) is 5.71 Å². The molecule has 2 aromatic rings. The van der Waals surface area contributed by atoms with Crippen LogP contribution in [0.1, 0.15) is 24.0 Å². The van der Waals surface area contributed by atoms with E-state index in [0.717, 1.165) is 16.8 Å². The van der Waals surface area contributed by atoms with Crippen molar-refractivity contribution in [1.82, 2.24) is 0 Å². The van der Waals surface area contributed by atoms with Crippen molar-refractivity contribution in [2.45, 2.75) is 12.8 Å². The summed E-state index contributed by atoms with van der Waals surface area (Å²) in [6.45, 7) is 1.80. The van der Waals surface area contributed by atoms with Gasteiger partial charge in [-0.1, -0.05) is 48.5 Å². The van der Waals surface area contributed by atoms with Crippen molar-refractivity contribution in [3.8, 4) is 0 Å². The molecule has 2 atom stereocenters. The quantitative estimate of drug-likeness (QED) is 0.901. The summed E-state index contributed by atoms with van der Waals surface area (Å²) in [4.78, 5) is 16.1. The van der Waals surface area contributed by atoms with Crippen LogP contribution in [-0.2, 0) is 4.79 Å². The van der Waals surface area contributed by atoms with Crippen LogP contribution in [0.3, 0.4) is 0 Å². The van der Waals surface area contributed by atoms with Crippen LogP contribution < -0.4 is 0 Å². The maximum Gasteiger partial charge on any atom is 0.313 e. The number of hydrogen-bond acceptors (Lipinski definition) is 2. The van der Waals surface area contributed by atoms with E-state index in [1.54, 1.807) is 6.92 Å². The molecule has 100 valence electrons. The van der Waals surface area contributed by atoms with Crippen molar-refractivity contribution in [1.29, 1.82) is 0 Å². The van der Waals surface area contributed by atoms with Gasteiger partial charge in [-0.15, -0.1) is 0 Å². The summed E-state index contributed by atoms with van der Waals surface area (Å²) in [7, 11) is 0. The van der Waals surface area contributed by atoms with Crippen molar-refractivity contribution in [3.05, 3.63) is 65.7 Å². The molecule has 3 heteroatoms. The molecule has 0 aromatic heterocycles. The predicted octanol–water partition coefficient (Wildman–Crippen LogP) is 3.63. The molecule has 20 heavy (non-hydrogen) atoms. The van der Waals surface area contributed by atoms with E-state index in [1.807, 2.05) is 54.6 Å². The molecule has 2 aromatic carbocycles. The lowest BCUT2D eigenvalue weighted by molar-refractivity contribution is -0.139. The van der Waals surface area contributed by atoms with E-state index in [1.165, 1.54) is 0 Å². The van der Waals surface area contributed by atoms with Gasteiger partial charge < -0.3 is 5.11 Å². The van der Waals surface area contributed by atoms with Crippen LogP contribution in [0, 0.1) is 5.92 Å². The average Bonchev–Trinajstić information content (AvgIpc) is 2.46. The number of para-hydroxylation sites is 1. The molecule has 0 radical (unpaired) electrons. The summed E-state index contributed by atoms with van der Waals surface area (Å²) in [6.07, 6.45) is 0. The lowest BCUT2D eigenvalue weighted by Crippen LogP contribution is -2.31. The smallest absolute Gasteiger partial charge is 0.313 e. The van der Waals surface area contributed by atoms with Crippen molar-refractivity contribution in [3.63, 3.8) is 0 Å². The Morgan fingerprint density at radius 3 is 2.40 bits per heavy atom. The molecule has 2 unspecified atom stereocenters. The molecule has 0 spiro atoms.